The Morgan fingerprint density at radius 2 is 1.77 bits per heavy atom. The number of urea groups is 1. The number of carbonyl (C=O) groups is 2. The molecular weight excluding hydrogens is 489 g/mol. The van der Waals surface area contributed by atoms with Crippen LogP contribution in [0.5, 0.6) is 5.75 Å². The maximum Gasteiger partial charge on any atom is 0.322 e. The van der Waals surface area contributed by atoms with Crippen molar-refractivity contribution in [1.82, 2.24) is 14.7 Å². The van der Waals surface area contributed by atoms with Crippen molar-refractivity contribution in [2.75, 3.05) is 30.8 Å². The Balaban J connectivity index is 1.80. The van der Waals surface area contributed by atoms with E-state index in [1.165, 1.54) is 12.0 Å². The van der Waals surface area contributed by atoms with Gasteiger partial charge in [-0.3, -0.25) is 4.79 Å². The van der Waals surface area contributed by atoms with E-state index in [0.717, 1.165) is 5.69 Å². The van der Waals surface area contributed by atoms with Gasteiger partial charge in [-0.1, -0.05) is 56.1 Å². The molecule has 0 aliphatic carbocycles. The zero-order valence-corrected chi connectivity index (χ0v) is 21.9. The maximum absolute atomic E-state index is 13.0. The summed E-state index contributed by atoms with van der Waals surface area (Å²) in [4.78, 5) is 27.2. The third-order valence-electron chi connectivity index (χ3n) is 5.25. The molecule has 0 aliphatic rings. The minimum Gasteiger partial charge on any atom is -0.495 e. The molecule has 8 nitrogen and oxygen atoms in total. The third-order valence-corrected chi connectivity index (χ3v) is 5.98. The quantitative estimate of drug-likeness (QED) is 0.403. The van der Waals surface area contributed by atoms with Crippen LogP contribution in [0, 0.1) is 0 Å². The van der Waals surface area contributed by atoms with Crippen molar-refractivity contribution in [3.63, 3.8) is 0 Å². The molecule has 1 heterocycles. The predicted octanol–water partition coefficient (Wildman–Crippen LogP) is 5.98. The molecular formula is C25H29Cl2N5O3. The van der Waals surface area contributed by atoms with Gasteiger partial charge >= 0.3 is 6.03 Å². The Morgan fingerprint density at radius 1 is 1.06 bits per heavy atom. The van der Waals surface area contributed by atoms with E-state index in [-0.39, 0.29) is 17.9 Å². The van der Waals surface area contributed by atoms with E-state index in [1.54, 1.807) is 48.0 Å². The van der Waals surface area contributed by atoms with Crippen molar-refractivity contribution in [2.45, 2.75) is 33.1 Å². The van der Waals surface area contributed by atoms with Crippen LogP contribution < -0.4 is 15.4 Å². The molecule has 35 heavy (non-hydrogen) atoms. The SMILES string of the molecule is CCN(CC(=O)Nc1cc(C(C)(C)C)nn1-c1ccc(Cl)c(Cl)c1)C(=O)Nc1ccccc1OC. The highest BCUT2D eigenvalue weighted by Gasteiger charge is 2.23. The summed E-state index contributed by atoms with van der Waals surface area (Å²) in [5.41, 5.74) is 1.68. The molecule has 2 aromatic carbocycles. The molecule has 0 atom stereocenters. The minimum absolute atomic E-state index is 0.158. The van der Waals surface area contributed by atoms with Gasteiger partial charge in [-0.05, 0) is 37.3 Å². The number of carbonyl (C=O) groups excluding carboxylic acids is 2. The van der Waals surface area contributed by atoms with Gasteiger partial charge in [0.05, 0.1) is 34.2 Å². The van der Waals surface area contributed by atoms with E-state index in [1.807, 2.05) is 32.9 Å². The zero-order chi connectivity index (χ0) is 25.8. The van der Waals surface area contributed by atoms with E-state index in [2.05, 4.69) is 15.7 Å². The molecule has 186 valence electrons. The second-order valence-electron chi connectivity index (χ2n) is 8.87. The highest BCUT2D eigenvalue weighted by Crippen LogP contribution is 2.29. The van der Waals surface area contributed by atoms with Gasteiger partial charge in [-0.15, -0.1) is 0 Å². The fraction of sp³-hybridized carbons (Fsp3) is 0.320. The highest BCUT2D eigenvalue weighted by molar-refractivity contribution is 6.42. The van der Waals surface area contributed by atoms with Crippen molar-refractivity contribution in [3.8, 4) is 11.4 Å². The molecule has 3 rings (SSSR count). The molecule has 1 aromatic heterocycles. The fourth-order valence-corrected chi connectivity index (χ4v) is 3.57. The second kappa shape index (κ2) is 11.0. The van der Waals surface area contributed by atoms with Crippen molar-refractivity contribution in [1.29, 1.82) is 0 Å². The predicted molar refractivity (Wildman–Crippen MR) is 140 cm³/mol. The van der Waals surface area contributed by atoms with Gasteiger partial charge in [0.25, 0.3) is 0 Å². The summed E-state index contributed by atoms with van der Waals surface area (Å²) in [7, 11) is 1.53. The van der Waals surface area contributed by atoms with Crippen LogP contribution in [0.4, 0.5) is 16.3 Å². The summed E-state index contributed by atoms with van der Waals surface area (Å²) >= 11 is 12.3. The van der Waals surface area contributed by atoms with E-state index in [4.69, 9.17) is 27.9 Å². The summed E-state index contributed by atoms with van der Waals surface area (Å²) < 4.78 is 6.88. The van der Waals surface area contributed by atoms with Crippen molar-refractivity contribution in [2.24, 2.45) is 0 Å². The van der Waals surface area contributed by atoms with Gasteiger partial charge in [0, 0.05) is 18.0 Å². The molecule has 10 heteroatoms. The number of benzene rings is 2. The number of hydrogen-bond donors (Lipinski definition) is 2. The van der Waals surface area contributed by atoms with Gasteiger partial charge in [-0.25, -0.2) is 9.48 Å². The standard InChI is InChI=1S/C25H29Cl2N5O3/c1-6-31(24(34)28-19-9-7-8-10-20(19)35-5)15-23(33)29-22-14-21(25(2,3)4)30-32(22)16-11-12-17(26)18(27)13-16/h7-14H,6,15H2,1-5H3,(H,28,34)(H,29,33). The molecule has 0 aliphatic heterocycles. The number of rotatable bonds is 7. The molecule has 2 N–H and O–H groups in total. The summed E-state index contributed by atoms with van der Waals surface area (Å²) in [5, 5.41) is 11.1. The van der Waals surface area contributed by atoms with Crippen LogP contribution in [-0.2, 0) is 10.2 Å². The zero-order valence-electron chi connectivity index (χ0n) is 20.4. The summed E-state index contributed by atoms with van der Waals surface area (Å²) in [6, 6.07) is 13.6. The lowest BCUT2D eigenvalue weighted by molar-refractivity contribution is -0.116. The molecule has 0 radical (unpaired) electrons. The van der Waals surface area contributed by atoms with E-state index < -0.39 is 6.03 Å². The fourth-order valence-electron chi connectivity index (χ4n) is 3.28. The lowest BCUT2D eigenvalue weighted by atomic mass is 9.92. The number of halogens is 2. The minimum atomic E-state index is -0.416. The Morgan fingerprint density at radius 3 is 2.40 bits per heavy atom. The van der Waals surface area contributed by atoms with Gasteiger partial charge < -0.3 is 20.3 Å². The van der Waals surface area contributed by atoms with Gasteiger partial charge in [0.1, 0.15) is 18.1 Å². The molecule has 0 bridgehead atoms. The highest BCUT2D eigenvalue weighted by atomic mass is 35.5. The average molecular weight is 518 g/mol. The molecule has 0 saturated carbocycles. The van der Waals surface area contributed by atoms with Crippen molar-refractivity contribution >= 4 is 46.6 Å². The van der Waals surface area contributed by atoms with Gasteiger partial charge in [0.15, 0.2) is 0 Å². The maximum atomic E-state index is 13.0. The number of hydrogen-bond acceptors (Lipinski definition) is 4. The monoisotopic (exact) mass is 517 g/mol. The van der Waals surface area contributed by atoms with Crippen LogP contribution in [0.3, 0.4) is 0 Å². The Kier molecular flexibility index (Phi) is 8.30. The molecule has 0 spiro atoms. The molecule has 3 amide bonds. The number of likely N-dealkylation sites (N-methyl/N-ethyl adjacent to an activating group) is 1. The number of ether oxygens (including phenoxy) is 1. The van der Waals surface area contributed by atoms with Crippen LogP contribution in [0.2, 0.25) is 10.0 Å². The van der Waals surface area contributed by atoms with Crippen LogP contribution in [0.1, 0.15) is 33.4 Å². The third kappa shape index (κ3) is 6.46. The number of nitrogens with zero attached hydrogens (tertiary/aromatic N) is 3. The van der Waals surface area contributed by atoms with Crippen LogP contribution in [-0.4, -0.2) is 46.8 Å². The number of nitrogens with one attached hydrogen (secondary N) is 2. The lowest BCUT2D eigenvalue weighted by Gasteiger charge is -2.21. The van der Waals surface area contributed by atoms with E-state index in [9.17, 15) is 9.59 Å². The van der Waals surface area contributed by atoms with Crippen molar-refractivity contribution in [3.05, 3.63) is 64.3 Å². The summed E-state index contributed by atoms with van der Waals surface area (Å²) in [6.07, 6.45) is 0. The number of para-hydroxylation sites is 2. The Bertz CT molecular complexity index is 1220. The number of anilines is 2. The molecule has 0 unspecified atom stereocenters. The van der Waals surface area contributed by atoms with Crippen molar-refractivity contribution < 1.29 is 14.3 Å². The summed E-state index contributed by atoms with van der Waals surface area (Å²) in [6.45, 7) is 8.05. The van der Waals surface area contributed by atoms with Gasteiger partial charge in [-0.2, -0.15) is 5.10 Å². The smallest absolute Gasteiger partial charge is 0.322 e. The van der Waals surface area contributed by atoms with Crippen LogP contribution in [0.25, 0.3) is 5.69 Å². The normalized spacial score (nSPS) is 11.2. The van der Waals surface area contributed by atoms with E-state index >= 15 is 0 Å². The number of aromatic nitrogens is 2. The average Bonchev–Trinajstić information content (AvgIpc) is 3.23. The Hall–Kier alpha value is -3.23. The first-order valence-electron chi connectivity index (χ1n) is 11.1. The number of amides is 3. The Labute approximate surface area is 215 Å². The van der Waals surface area contributed by atoms with Crippen LogP contribution >= 0.6 is 23.2 Å². The number of methoxy groups -OCH3 is 1. The van der Waals surface area contributed by atoms with Gasteiger partial charge in [0.2, 0.25) is 5.91 Å². The largest absolute Gasteiger partial charge is 0.495 e. The first-order valence-corrected chi connectivity index (χ1v) is 11.8. The molecule has 0 saturated heterocycles. The first kappa shape index (κ1) is 26.4. The summed E-state index contributed by atoms with van der Waals surface area (Å²) in [5.74, 6) is 0.616. The first-order chi connectivity index (χ1) is 16.5. The topological polar surface area (TPSA) is 88.5 Å². The molecule has 0 fully saturated rings. The lowest BCUT2D eigenvalue weighted by Crippen LogP contribution is -2.40. The van der Waals surface area contributed by atoms with Crippen LogP contribution in [0.15, 0.2) is 48.5 Å². The van der Waals surface area contributed by atoms with E-state index in [0.29, 0.717) is 39.5 Å². The molecule has 3 aromatic rings. The second-order valence-corrected chi connectivity index (χ2v) is 9.68.